The van der Waals surface area contributed by atoms with E-state index in [9.17, 15) is 49.4 Å². The van der Waals surface area contributed by atoms with Crippen molar-refractivity contribution in [2.45, 2.75) is 95.6 Å². The first-order valence-corrected chi connectivity index (χ1v) is 15.9. The van der Waals surface area contributed by atoms with Crippen molar-refractivity contribution in [2.24, 2.45) is 22.4 Å². The van der Waals surface area contributed by atoms with E-state index in [4.69, 9.17) is 11.5 Å². The highest BCUT2D eigenvalue weighted by atomic mass is 16.7. The van der Waals surface area contributed by atoms with Crippen molar-refractivity contribution in [3.8, 4) is 5.75 Å². The van der Waals surface area contributed by atoms with Crippen LogP contribution >= 0.6 is 0 Å². The molecule has 0 saturated carbocycles. The molecule has 272 valence electrons. The van der Waals surface area contributed by atoms with E-state index in [0.717, 1.165) is 0 Å². The van der Waals surface area contributed by atoms with Gasteiger partial charge in [-0.15, -0.1) is 0 Å². The Morgan fingerprint density at radius 1 is 1.06 bits per heavy atom. The first-order chi connectivity index (χ1) is 23.0. The number of nitrogens with zero attached hydrogens (tertiary/aromatic N) is 3. The molecule has 0 spiro atoms. The van der Waals surface area contributed by atoms with Crippen molar-refractivity contribution < 1.29 is 44.3 Å². The Morgan fingerprint density at radius 3 is 2.27 bits per heavy atom. The fourth-order valence-electron chi connectivity index (χ4n) is 5.23. The number of hydrogen-bond donors (Lipinski definition) is 9. The number of aliphatic hydroxyl groups is 1. The number of benzene rings is 1. The van der Waals surface area contributed by atoms with Crippen molar-refractivity contribution in [1.29, 1.82) is 0 Å². The van der Waals surface area contributed by atoms with Gasteiger partial charge in [-0.05, 0) is 62.6 Å². The van der Waals surface area contributed by atoms with Gasteiger partial charge in [0.25, 0.3) is 5.96 Å². The minimum absolute atomic E-state index is 0.0116. The van der Waals surface area contributed by atoms with Crippen molar-refractivity contribution in [3.63, 3.8) is 0 Å². The number of nitrogens with two attached hydrogens (primary N) is 2. The number of aliphatic carboxylic acids is 1. The molecule has 6 atom stereocenters. The standard InChI is InChI=1S/C30H47N9O10/c1-16(2)14-22(28(45)38-13-5-7-23(38)27(44)36-24(17(3)40)29(46)47)35-26(43)21(15-18-8-10-19(41)11-9-18)34-25(42)20(31)6-4-12-33-30(32)37-39(48)49/h8-11,16-17,20-24,40-41H,4-7,12-15,31H2,1-3H3,(H,34,42)(H,35,43)(H,36,44)(H,46,47)(H3,32,33,37)/t17-,20-,21+,22-,23+,24+/m1/s1. The Balaban J connectivity index is 2.23. The van der Waals surface area contributed by atoms with Gasteiger partial charge < -0.3 is 47.6 Å². The molecule has 1 aromatic carbocycles. The maximum Gasteiger partial charge on any atom is 0.328 e. The Bertz CT molecular complexity index is 1360. The summed E-state index contributed by atoms with van der Waals surface area (Å²) in [4.78, 5) is 80.8. The third-order valence-corrected chi connectivity index (χ3v) is 7.71. The molecule has 4 amide bonds. The lowest BCUT2D eigenvalue weighted by molar-refractivity contribution is -0.525. The molecular weight excluding hydrogens is 646 g/mol. The Kier molecular flexibility index (Phi) is 15.6. The minimum atomic E-state index is -1.58. The van der Waals surface area contributed by atoms with E-state index >= 15 is 0 Å². The fraction of sp³-hybridized carbons (Fsp3) is 0.600. The zero-order chi connectivity index (χ0) is 36.8. The molecule has 0 aliphatic carbocycles. The molecule has 1 heterocycles. The molecule has 0 aromatic heterocycles. The van der Waals surface area contributed by atoms with E-state index in [1.54, 1.807) is 17.6 Å². The van der Waals surface area contributed by atoms with Crippen LogP contribution in [0.3, 0.4) is 0 Å². The van der Waals surface area contributed by atoms with E-state index < -0.39 is 76.9 Å². The van der Waals surface area contributed by atoms with Crippen LogP contribution < -0.4 is 32.8 Å². The van der Waals surface area contributed by atoms with E-state index in [0.29, 0.717) is 12.0 Å². The van der Waals surface area contributed by atoms with Crippen molar-refractivity contribution in [3.05, 3.63) is 39.9 Å². The van der Waals surface area contributed by atoms with Gasteiger partial charge in [-0.2, -0.15) is 0 Å². The lowest BCUT2D eigenvalue weighted by atomic mass is 10.00. The SMILES string of the molecule is CC(C)C[C@@H](NC(=O)[C@H](Cc1ccc(O)cc1)NC(=O)[C@H](N)CCCN=C(N)N[N+](=O)[O-])C(=O)N1CCC[C@H]1C(=O)N[C@H](C(=O)O)[C@@H](C)O. The number of carbonyl (C=O) groups is 5. The molecule has 0 bridgehead atoms. The van der Waals surface area contributed by atoms with Crippen LogP contribution in [-0.4, -0.2) is 110 Å². The topological polar surface area (TPSA) is 305 Å². The van der Waals surface area contributed by atoms with Gasteiger partial charge in [-0.3, -0.25) is 19.2 Å². The Morgan fingerprint density at radius 2 is 1.69 bits per heavy atom. The number of phenols is 1. The molecule has 0 unspecified atom stereocenters. The number of aliphatic imine (C=N–C) groups is 1. The number of aliphatic hydroxyl groups excluding tert-OH is 1. The fourth-order valence-corrected chi connectivity index (χ4v) is 5.23. The number of aromatic hydroxyl groups is 1. The third-order valence-electron chi connectivity index (χ3n) is 7.71. The average molecular weight is 694 g/mol. The molecule has 1 aliphatic heterocycles. The van der Waals surface area contributed by atoms with Gasteiger partial charge in [0.15, 0.2) is 11.1 Å². The normalized spacial score (nSPS) is 17.7. The highest BCUT2D eigenvalue weighted by Gasteiger charge is 2.40. The maximum absolute atomic E-state index is 13.9. The number of carboxylic acids is 1. The van der Waals surface area contributed by atoms with Crippen LogP contribution in [0.4, 0.5) is 0 Å². The second-order valence-corrected chi connectivity index (χ2v) is 12.3. The number of guanidine groups is 1. The van der Waals surface area contributed by atoms with E-state index in [1.165, 1.54) is 24.0 Å². The highest BCUT2D eigenvalue weighted by molar-refractivity contribution is 5.96. The summed E-state index contributed by atoms with van der Waals surface area (Å²) in [7, 11) is 0. The van der Waals surface area contributed by atoms with Gasteiger partial charge >= 0.3 is 5.97 Å². The number of amides is 4. The summed E-state index contributed by atoms with van der Waals surface area (Å²) in [6, 6.07) is -0.0928. The minimum Gasteiger partial charge on any atom is -0.508 e. The predicted molar refractivity (Wildman–Crippen MR) is 175 cm³/mol. The van der Waals surface area contributed by atoms with Crippen LogP contribution in [0.5, 0.6) is 5.75 Å². The number of likely N-dealkylation sites (tertiary alicyclic amines) is 1. The summed E-state index contributed by atoms with van der Waals surface area (Å²) >= 11 is 0. The summed E-state index contributed by atoms with van der Waals surface area (Å²) < 4.78 is 0. The Hall–Kier alpha value is -5.04. The van der Waals surface area contributed by atoms with E-state index in [-0.39, 0.29) is 56.9 Å². The molecular formula is C30H47N9O10. The number of carboxylic acid groups (broad SMARTS) is 1. The Labute approximate surface area is 283 Å². The molecule has 1 fully saturated rings. The van der Waals surface area contributed by atoms with E-state index in [2.05, 4.69) is 20.9 Å². The third kappa shape index (κ3) is 13.2. The molecule has 11 N–H and O–H groups in total. The number of nitro groups is 1. The molecule has 2 rings (SSSR count). The molecule has 49 heavy (non-hydrogen) atoms. The smallest absolute Gasteiger partial charge is 0.328 e. The van der Waals surface area contributed by atoms with Crippen LogP contribution in [-0.2, 0) is 30.4 Å². The van der Waals surface area contributed by atoms with Crippen LogP contribution in [0.15, 0.2) is 29.3 Å². The molecule has 19 nitrogen and oxygen atoms in total. The summed E-state index contributed by atoms with van der Waals surface area (Å²) in [6.07, 6.45) is -0.226. The second-order valence-electron chi connectivity index (χ2n) is 12.3. The zero-order valence-corrected chi connectivity index (χ0v) is 27.7. The van der Waals surface area contributed by atoms with Gasteiger partial charge in [-0.1, -0.05) is 31.4 Å². The number of carbonyl (C=O) groups excluding carboxylic acids is 4. The van der Waals surface area contributed by atoms with Gasteiger partial charge in [0, 0.05) is 19.5 Å². The number of rotatable bonds is 18. The predicted octanol–water partition coefficient (Wildman–Crippen LogP) is -1.90. The molecule has 1 saturated heterocycles. The van der Waals surface area contributed by atoms with Crippen molar-refractivity contribution in [1.82, 2.24) is 26.3 Å². The quantitative estimate of drug-likeness (QED) is 0.0267. The van der Waals surface area contributed by atoms with Gasteiger partial charge in [0.05, 0.1) is 12.1 Å². The summed E-state index contributed by atoms with van der Waals surface area (Å²) in [5, 5.41) is 46.1. The molecule has 19 heteroatoms. The zero-order valence-electron chi connectivity index (χ0n) is 27.7. The second kappa shape index (κ2) is 19.1. The first kappa shape index (κ1) is 40.1. The van der Waals surface area contributed by atoms with Gasteiger partial charge in [0.2, 0.25) is 23.6 Å². The number of hydrogen-bond acceptors (Lipinski definition) is 11. The number of phenolic OH excluding ortho intramolecular Hbond substituents is 1. The van der Waals surface area contributed by atoms with Crippen LogP contribution in [0.2, 0.25) is 0 Å². The lowest BCUT2D eigenvalue weighted by Crippen LogP contribution is -2.59. The summed E-state index contributed by atoms with van der Waals surface area (Å²) in [6.45, 7) is 5.10. The van der Waals surface area contributed by atoms with Crippen LogP contribution in [0, 0.1) is 16.0 Å². The van der Waals surface area contributed by atoms with E-state index in [1.807, 2.05) is 13.8 Å². The number of hydrazine groups is 1. The summed E-state index contributed by atoms with van der Waals surface area (Å²) in [5.41, 5.74) is 13.7. The van der Waals surface area contributed by atoms with Crippen LogP contribution in [0.25, 0.3) is 0 Å². The molecule has 1 aromatic rings. The number of nitrogens with one attached hydrogen (secondary N) is 4. The van der Waals surface area contributed by atoms with Crippen molar-refractivity contribution in [2.75, 3.05) is 13.1 Å². The average Bonchev–Trinajstić information content (AvgIpc) is 3.51. The molecule has 1 aliphatic rings. The van der Waals surface area contributed by atoms with Gasteiger partial charge in [0.1, 0.15) is 23.9 Å². The maximum atomic E-state index is 13.9. The first-order valence-electron chi connectivity index (χ1n) is 15.9. The molecule has 0 radical (unpaired) electrons. The monoisotopic (exact) mass is 693 g/mol. The van der Waals surface area contributed by atoms with Crippen molar-refractivity contribution >= 4 is 35.6 Å². The summed E-state index contributed by atoms with van der Waals surface area (Å²) in [5.74, 6) is -4.67. The largest absolute Gasteiger partial charge is 0.508 e. The van der Waals surface area contributed by atoms with Crippen LogP contribution in [0.1, 0.15) is 58.4 Å². The van der Waals surface area contributed by atoms with Gasteiger partial charge in [-0.25, -0.2) is 19.9 Å². The lowest BCUT2D eigenvalue weighted by Gasteiger charge is -2.31. The highest BCUT2D eigenvalue weighted by Crippen LogP contribution is 2.21.